The van der Waals surface area contributed by atoms with Crippen LogP contribution in [0.3, 0.4) is 0 Å². The van der Waals surface area contributed by atoms with Crippen molar-refractivity contribution in [1.29, 1.82) is 0 Å². The van der Waals surface area contributed by atoms with Gasteiger partial charge in [0.15, 0.2) is 0 Å². The number of aromatic amines is 1. The summed E-state index contributed by atoms with van der Waals surface area (Å²) in [5.41, 5.74) is 0.397. The first-order chi connectivity index (χ1) is 13.5. The number of halogens is 1. The Morgan fingerprint density at radius 2 is 2.00 bits per heavy atom. The quantitative estimate of drug-likeness (QED) is 0.531. The molecule has 1 aliphatic rings. The van der Waals surface area contributed by atoms with Gasteiger partial charge in [0.2, 0.25) is 0 Å². The summed E-state index contributed by atoms with van der Waals surface area (Å²) in [6, 6.07) is 10.2. The zero-order chi connectivity index (χ0) is 19.7. The van der Waals surface area contributed by atoms with Crippen LogP contribution in [0.25, 0.3) is 10.9 Å². The fourth-order valence-electron chi connectivity index (χ4n) is 3.43. The van der Waals surface area contributed by atoms with E-state index in [-0.39, 0.29) is 17.2 Å². The highest BCUT2D eigenvalue weighted by atomic mass is 35.5. The number of H-pyrrole nitrogens is 1. The number of fused-ring (bicyclic) bond motifs is 1. The SMILES string of the molecule is O=c1[nH]cnc2cc(N3CCC(Oc4ccccc4Cl)CC3)c([N+](=O)[O-])cc12. The van der Waals surface area contributed by atoms with Gasteiger partial charge >= 0.3 is 0 Å². The molecular formula is C19H17ClN4O4. The number of hydrogen-bond donors (Lipinski definition) is 1. The molecule has 0 radical (unpaired) electrons. The summed E-state index contributed by atoms with van der Waals surface area (Å²) in [6.45, 7) is 1.18. The number of nitro groups is 1. The number of rotatable bonds is 4. The number of ether oxygens (including phenoxy) is 1. The molecule has 28 heavy (non-hydrogen) atoms. The maximum atomic E-state index is 11.9. The number of nitrogens with zero attached hydrogens (tertiary/aromatic N) is 3. The molecule has 0 amide bonds. The van der Waals surface area contributed by atoms with Gasteiger partial charge in [0.05, 0.1) is 27.2 Å². The van der Waals surface area contributed by atoms with E-state index in [1.807, 2.05) is 23.1 Å². The van der Waals surface area contributed by atoms with Gasteiger partial charge in [0.25, 0.3) is 11.2 Å². The van der Waals surface area contributed by atoms with Crippen molar-refractivity contribution in [2.24, 2.45) is 0 Å². The Morgan fingerprint density at radius 3 is 2.71 bits per heavy atom. The molecule has 1 fully saturated rings. The average Bonchev–Trinajstić information content (AvgIpc) is 2.70. The van der Waals surface area contributed by atoms with E-state index < -0.39 is 10.5 Å². The number of nitro benzene ring substituents is 1. The lowest BCUT2D eigenvalue weighted by molar-refractivity contribution is -0.384. The van der Waals surface area contributed by atoms with Gasteiger partial charge in [0, 0.05) is 32.0 Å². The second-order valence-corrected chi connectivity index (χ2v) is 6.99. The molecule has 3 aromatic rings. The lowest BCUT2D eigenvalue weighted by Crippen LogP contribution is -2.38. The van der Waals surface area contributed by atoms with E-state index in [1.165, 1.54) is 12.4 Å². The Morgan fingerprint density at radius 1 is 1.25 bits per heavy atom. The summed E-state index contributed by atoms with van der Waals surface area (Å²) >= 11 is 6.15. The standard InChI is InChI=1S/C19H17ClN4O4/c20-14-3-1-2-4-18(14)28-12-5-7-23(8-6-12)16-10-15-13(9-17(16)24(26)27)19(25)22-11-21-15/h1-4,9-12H,5-8H2,(H,21,22,25). The van der Waals surface area contributed by atoms with E-state index in [4.69, 9.17) is 16.3 Å². The number of piperidine rings is 1. The molecule has 1 N–H and O–H groups in total. The second kappa shape index (κ2) is 7.47. The zero-order valence-electron chi connectivity index (χ0n) is 14.8. The number of hydrogen-bond acceptors (Lipinski definition) is 6. The normalized spacial score (nSPS) is 15.0. The molecule has 1 aromatic heterocycles. The van der Waals surface area contributed by atoms with E-state index in [1.54, 1.807) is 12.1 Å². The first-order valence-corrected chi connectivity index (χ1v) is 9.22. The molecule has 8 nitrogen and oxygen atoms in total. The number of benzene rings is 2. The van der Waals surface area contributed by atoms with Gasteiger partial charge in [-0.3, -0.25) is 14.9 Å². The molecule has 0 atom stereocenters. The Bertz CT molecular complexity index is 1090. The Labute approximate surface area is 164 Å². The van der Waals surface area contributed by atoms with Crippen LogP contribution < -0.4 is 15.2 Å². The third kappa shape index (κ3) is 3.50. The summed E-state index contributed by atoms with van der Waals surface area (Å²) in [5, 5.41) is 12.3. The molecule has 4 rings (SSSR count). The van der Waals surface area contributed by atoms with Crippen molar-refractivity contribution in [3.05, 3.63) is 68.2 Å². The molecule has 0 aliphatic carbocycles. The van der Waals surface area contributed by atoms with Gasteiger partial charge in [-0.25, -0.2) is 4.98 Å². The van der Waals surface area contributed by atoms with E-state index in [2.05, 4.69) is 9.97 Å². The van der Waals surface area contributed by atoms with Crippen LogP contribution in [-0.4, -0.2) is 34.1 Å². The second-order valence-electron chi connectivity index (χ2n) is 6.58. The number of aromatic nitrogens is 2. The Kier molecular flexibility index (Phi) is 4.87. The van der Waals surface area contributed by atoms with Gasteiger partial charge in [-0.05, 0) is 18.2 Å². The minimum absolute atomic E-state index is 0.0170. The highest BCUT2D eigenvalue weighted by Crippen LogP contribution is 2.34. The molecule has 0 unspecified atom stereocenters. The van der Waals surface area contributed by atoms with Gasteiger partial charge in [-0.2, -0.15) is 0 Å². The van der Waals surface area contributed by atoms with Crippen molar-refractivity contribution in [3.8, 4) is 5.75 Å². The monoisotopic (exact) mass is 400 g/mol. The first-order valence-electron chi connectivity index (χ1n) is 8.85. The van der Waals surface area contributed by atoms with E-state index in [0.29, 0.717) is 47.9 Å². The average molecular weight is 401 g/mol. The van der Waals surface area contributed by atoms with Crippen LogP contribution in [-0.2, 0) is 0 Å². The maximum absolute atomic E-state index is 11.9. The first kappa shape index (κ1) is 18.2. The highest BCUT2D eigenvalue weighted by molar-refractivity contribution is 6.32. The third-order valence-electron chi connectivity index (χ3n) is 4.85. The fourth-order valence-corrected chi connectivity index (χ4v) is 3.61. The number of nitrogens with one attached hydrogen (secondary N) is 1. The van der Waals surface area contributed by atoms with Crippen molar-refractivity contribution in [2.45, 2.75) is 18.9 Å². The zero-order valence-corrected chi connectivity index (χ0v) is 15.6. The van der Waals surface area contributed by atoms with Crippen molar-refractivity contribution in [1.82, 2.24) is 9.97 Å². The largest absolute Gasteiger partial charge is 0.489 e. The van der Waals surface area contributed by atoms with Gasteiger partial charge < -0.3 is 14.6 Å². The predicted molar refractivity (Wildman–Crippen MR) is 106 cm³/mol. The summed E-state index contributed by atoms with van der Waals surface area (Å²) < 4.78 is 5.98. The van der Waals surface area contributed by atoms with E-state index >= 15 is 0 Å². The number of anilines is 1. The van der Waals surface area contributed by atoms with Crippen LogP contribution in [0.1, 0.15) is 12.8 Å². The van der Waals surface area contributed by atoms with Crippen molar-refractivity contribution < 1.29 is 9.66 Å². The Hall–Kier alpha value is -3.13. The van der Waals surface area contributed by atoms with Crippen LogP contribution in [0.2, 0.25) is 5.02 Å². The summed E-state index contributed by atoms with van der Waals surface area (Å²) in [5.74, 6) is 0.641. The van der Waals surface area contributed by atoms with E-state index in [0.717, 1.165) is 0 Å². The summed E-state index contributed by atoms with van der Waals surface area (Å²) in [6.07, 6.45) is 2.67. The minimum Gasteiger partial charge on any atom is -0.489 e. The molecular weight excluding hydrogens is 384 g/mol. The molecule has 0 bridgehead atoms. The Balaban J connectivity index is 1.56. The van der Waals surface area contributed by atoms with Crippen molar-refractivity contribution in [3.63, 3.8) is 0 Å². The van der Waals surface area contributed by atoms with Gasteiger partial charge in [0.1, 0.15) is 17.5 Å². The summed E-state index contributed by atoms with van der Waals surface area (Å²) in [4.78, 5) is 31.5. The van der Waals surface area contributed by atoms with Crippen molar-refractivity contribution in [2.75, 3.05) is 18.0 Å². The van der Waals surface area contributed by atoms with Crippen LogP contribution >= 0.6 is 11.6 Å². The number of para-hydroxylation sites is 1. The fraction of sp³-hybridized carbons (Fsp3) is 0.263. The summed E-state index contributed by atoms with van der Waals surface area (Å²) in [7, 11) is 0. The topological polar surface area (TPSA) is 101 Å². The van der Waals surface area contributed by atoms with Gasteiger partial charge in [-0.1, -0.05) is 23.7 Å². The molecule has 2 heterocycles. The smallest absolute Gasteiger partial charge is 0.293 e. The van der Waals surface area contributed by atoms with E-state index in [9.17, 15) is 14.9 Å². The molecule has 9 heteroatoms. The molecule has 0 saturated carbocycles. The third-order valence-corrected chi connectivity index (χ3v) is 5.16. The predicted octanol–water partition coefficient (Wildman–Crippen LogP) is 3.53. The van der Waals surface area contributed by atoms with Crippen LogP contribution in [0.4, 0.5) is 11.4 Å². The minimum atomic E-state index is -0.465. The molecule has 0 spiro atoms. The molecule has 144 valence electrons. The molecule has 2 aromatic carbocycles. The van der Waals surface area contributed by atoms with Crippen LogP contribution in [0.5, 0.6) is 5.75 Å². The highest BCUT2D eigenvalue weighted by Gasteiger charge is 2.27. The maximum Gasteiger partial charge on any atom is 0.293 e. The van der Waals surface area contributed by atoms with Gasteiger partial charge in [-0.15, -0.1) is 0 Å². The van der Waals surface area contributed by atoms with Crippen LogP contribution in [0, 0.1) is 10.1 Å². The molecule has 1 saturated heterocycles. The lowest BCUT2D eigenvalue weighted by Gasteiger charge is -2.33. The van der Waals surface area contributed by atoms with Crippen LogP contribution in [0.15, 0.2) is 47.5 Å². The van der Waals surface area contributed by atoms with Crippen molar-refractivity contribution >= 4 is 33.9 Å². The molecule has 1 aliphatic heterocycles. The lowest BCUT2D eigenvalue weighted by atomic mass is 10.1.